The van der Waals surface area contributed by atoms with E-state index < -0.39 is 20.2 Å². The molecule has 2 aromatic rings. The molecule has 7 nitrogen and oxygen atoms in total. The fourth-order valence-electron chi connectivity index (χ4n) is 2.70. The van der Waals surface area contributed by atoms with Gasteiger partial charge in [-0.05, 0) is 23.1 Å². The van der Waals surface area contributed by atoms with Crippen LogP contribution in [0, 0.1) is 10.1 Å². The number of non-ortho nitro benzene ring substituents is 1. The lowest BCUT2D eigenvalue weighted by atomic mass is 9.87. The van der Waals surface area contributed by atoms with E-state index in [1.807, 2.05) is 20.8 Å². The van der Waals surface area contributed by atoms with Crippen LogP contribution in [0.25, 0.3) is 0 Å². The average molecular weight is 391 g/mol. The average Bonchev–Trinajstić information content (AvgIpc) is 3.43. The first-order valence-electron chi connectivity index (χ1n) is 8.47. The molecule has 0 bridgehead atoms. The van der Waals surface area contributed by atoms with E-state index >= 15 is 0 Å². The van der Waals surface area contributed by atoms with Crippen LogP contribution >= 0.6 is 0 Å². The Hall–Kier alpha value is -2.45. The molecule has 2 aromatic carbocycles. The molecule has 27 heavy (non-hydrogen) atoms. The number of hydrogen-bond acceptors (Lipinski definition) is 6. The van der Waals surface area contributed by atoms with Crippen molar-refractivity contribution >= 4 is 15.5 Å². The van der Waals surface area contributed by atoms with Crippen LogP contribution in [0.1, 0.15) is 26.3 Å². The number of nitro benzene ring substituents is 1. The molecule has 144 valence electrons. The highest BCUT2D eigenvalue weighted by Gasteiger charge is 2.29. The molecule has 1 atom stereocenters. The zero-order valence-corrected chi connectivity index (χ0v) is 16.2. The van der Waals surface area contributed by atoms with Gasteiger partial charge in [0.05, 0.1) is 27.4 Å². The largest absolute Gasteiger partial charge is 0.490 e. The van der Waals surface area contributed by atoms with E-state index in [9.17, 15) is 18.5 Å². The van der Waals surface area contributed by atoms with Gasteiger partial charge < -0.3 is 9.47 Å². The van der Waals surface area contributed by atoms with E-state index in [-0.39, 0.29) is 33.9 Å². The monoisotopic (exact) mass is 391 g/mol. The molecule has 8 heteroatoms. The molecule has 1 saturated heterocycles. The van der Waals surface area contributed by atoms with Crippen LogP contribution in [0.2, 0.25) is 0 Å². The summed E-state index contributed by atoms with van der Waals surface area (Å²) in [7, 11) is -3.97. The van der Waals surface area contributed by atoms with Crippen LogP contribution in [0.15, 0.2) is 52.3 Å². The van der Waals surface area contributed by atoms with Crippen LogP contribution in [0.3, 0.4) is 0 Å². The van der Waals surface area contributed by atoms with Crippen molar-refractivity contribution < 1.29 is 22.8 Å². The van der Waals surface area contributed by atoms with Gasteiger partial charge in [0, 0.05) is 6.07 Å². The van der Waals surface area contributed by atoms with Crippen molar-refractivity contribution in [3.8, 4) is 5.75 Å². The third-order valence-corrected chi connectivity index (χ3v) is 6.00. The lowest BCUT2D eigenvalue weighted by molar-refractivity contribution is -0.385. The third-order valence-electron chi connectivity index (χ3n) is 4.21. The smallest absolute Gasteiger partial charge is 0.274 e. The van der Waals surface area contributed by atoms with Crippen molar-refractivity contribution in [2.24, 2.45) is 0 Å². The quantitative estimate of drug-likeness (QED) is 0.424. The molecule has 0 aliphatic carbocycles. The number of rotatable bonds is 6. The fraction of sp³-hybridized carbons (Fsp3) is 0.368. The maximum absolute atomic E-state index is 13.3. The van der Waals surface area contributed by atoms with Gasteiger partial charge in [0.25, 0.3) is 5.69 Å². The SMILES string of the molecule is CC(C)(C)c1ccccc1S(=O)(=O)c1cc(OCC2CO2)cc([N+](=O)[O-])c1. The van der Waals surface area contributed by atoms with E-state index in [4.69, 9.17) is 9.47 Å². The van der Waals surface area contributed by atoms with Gasteiger partial charge in [-0.3, -0.25) is 10.1 Å². The number of hydrogen-bond donors (Lipinski definition) is 0. The summed E-state index contributed by atoms with van der Waals surface area (Å²) >= 11 is 0. The van der Waals surface area contributed by atoms with Crippen LogP contribution in [-0.2, 0) is 20.0 Å². The van der Waals surface area contributed by atoms with Gasteiger partial charge >= 0.3 is 0 Å². The van der Waals surface area contributed by atoms with Gasteiger partial charge in [-0.1, -0.05) is 39.0 Å². The molecular formula is C19H21NO6S. The number of epoxide rings is 1. The highest BCUT2D eigenvalue weighted by Crippen LogP contribution is 2.35. The van der Waals surface area contributed by atoms with Crippen molar-refractivity contribution in [3.63, 3.8) is 0 Å². The van der Waals surface area contributed by atoms with Gasteiger partial charge in [0.15, 0.2) is 0 Å². The van der Waals surface area contributed by atoms with Crippen molar-refractivity contribution in [2.45, 2.75) is 42.1 Å². The van der Waals surface area contributed by atoms with Crippen LogP contribution < -0.4 is 4.74 Å². The Morgan fingerprint density at radius 2 is 1.89 bits per heavy atom. The zero-order valence-electron chi connectivity index (χ0n) is 15.3. The second-order valence-electron chi connectivity index (χ2n) is 7.44. The van der Waals surface area contributed by atoms with E-state index in [0.717, 1.165) is 6.07 Å². The van der Waals surface area contributed by atoms with Crippen LogP contribution in [0.4, 0.5) is 5.69 Å². The fourth-order valence-corrected chi connectivity index (χ4v) is 4.42. The molecule has 0 spiro atoms. The van der Waals surface area contributed by atoms with Gasteiger partial charge in [0.2, 0.25) is 9.84 Å². The summed E-state index contributed by atoms with van der Waals surface area (Å²) in [5, 5.41) is 11.3. The van der Waals surface area contributed by atoms with Crippen molar-refractivity contribution in [1.29, 1.82) is 0 Å². The van der Waals surface area contributed by atoms with E-state index in [0.29, 0.717) is 12.2 Å². The summed E-state index contributed by atoms with van der Waals surface area (Å²) in [4.78, 5) is 10.6. The zero-order chi connectivity index (χ0) is 19.8. The van der Waals surface area contributed by atoms with Gasteiger partial charge in [-0.15, -0.1) is 0 Å². The minimum atomic E-state index is -3.97. The summed E-state index contributed by atoms with van der Waals surface area (Å²) in [6, 6.07) is 10.3. The Kier molecular flexibility index (Phi) is 4.96. The predicted octanol–water partition coefficient (Wildman–Crippen LogP) is 3.50. The number of sulfone groups is 1. The van der Waals surface area contributed by atoms with Gasteiger partial charge in [0.1, 0.15) is 18.5 Å². The molecule has 1 aliphatic rings. The lowest BCUT2D eigenvalue weighted by Crippen LogP contribution is -2.17. The highest BCUT2D eigenvalue weighted by molar-refractivity contribution is 7.91. The molecular weight excluding hydrogens is 370 g/mol. The Bertz CT molecular complexity index is 974. The van der Waals surface area contributed by atoms with E-state index in [1.54, 1.807) is 18.2 Å². The van der Waals surface area contributed by atoms with E-state index in [2.05, 4.69) is 0 Å². The predicted molar refractivity (Wildman–Crippen MR) is 98.9 cm³/mol. The molecule has 1 heterocycles. The summed E-state index contributed by atoms with van der Waals surface area (Å²) in [6.07, 6.45) is -0.0501. The minimum Gasteiger partial charge on any atom is -0.490 e. The normalized spacial score (nSPS) is 16.8. The van der Waals surface area contributed by atoms with Crippen molar-refractivity contribution in [3.05, 3.63) is 58.1 Å². The second kappa shape index (κ2) is 6.94. The third kappa shape index (κ3) is 4.28. The molecule has 1 aliphatic heterocycles. The number of ether oxygens (including phenoxy) is 2. The minimum absolute atomic E-state index is 0.0501. The highest BCUT2D eigenvalue weighted by atomic mass is 32.2. The Morgan fingerprint density at radius 1 is 1.22 bits per heavy atom. The maximum Gasteiger partial charge on any atom is 0.274 e. The van der Waals surface area contributed by atoms with Crippen LogP contribution in [0.5, 0.6) is 5.75 Å². The molecule has 0 amide bonds. The van der Waals surface area contributed by atoms with Gasteiger partial charge in [-0.25, -0.2) is 8.42 Å². The first-order chi connectivity index (χ1) is 12.6. The molecule has 0 N–H and O–H groups in total. The standard InChI is InChI=1S/C19H21NO6S/c1-19(2,3)17-6-4-5-7-18(17)27(23,24)16-9-13(20(21)22)8-14(10-16)25-11-15-12-26-15/h4-10,15H,11-12H2,1-3H3. The molecule has 3 rings (SSSR count). The Labute approximate surface area is 158 Å². The van der Waals surface area contributed by atoms with E-state index in [1.165, 1.54) is 18.2 Å². The van der Waals surface area contributed by atoms with Crippen LogP contribution in [-0.4, -0.2) is 32.7 Å². The summed E-state index contributed by atoms with van der Waals surface area (Å²) in [5.41, 5.74) is -0.103. The number of benzene rings is 2. The molecule has 0 radical (unpaired) electrons. The molecule has 0 saturated carbocycles. The second-order valence-corrected chi connectivity index (χ2v) is 9.35. The molecule has 1 fully saturated rings. The number of nitro groups is 1. The molecule has 1 unspecified atom stereocenters. The first-order valence-corrected chi connectivity index (χ1v) is 9.96. The summed E-state index contributed by atoms with van der Waals surface area (Å²) in [6.45, 7) is 6.54. The lowest BCUT2D eigenvalue weighted by Gasteiger charge is -2.22. The summed E-state index contributed by atoms with van der Waals surface area (Å²) in [5.74, 6) is 0.131. The Morgan fingerprint density at radius 3 is 2.48 bits per heavy atom. The van der Waals surface area contributed by atoms with Crippen molar-refractivity contribution in [1.82, 2.24) is 0 Å². The van der Waals surface area contributed by atoms with Crippen molar-refractivity contribution in [2.75, 3.05) is 13.2 Å². The number of nitrogens with zero attached hydrogens (tertiary/aromatic N) is 1. The summed E-state index contributed by atoms with van der Waals surface area (Å²) < 4.78 is 37.1. The topological polar surface area (TPSA) is 99.0 Å². The Balaban J connectivity index is 2.10. The molecule has 0 aromatic heterocycles. The van der Waals surface area contributed by atoms with Gasteiger partial charge in [-0.2, -0.15) is 0 Å². The first kappa shape index (κ1) is 19.3. The maximum atomic E-state index is 13.3.